The lowest BCUT2D eigenvalue weighted by Crippen LogP contribution is -2.07. The van der Waals surface area contributed by atoms with E-state index < -0.39 is 5.97 Å². The Morgan fingerprint density at radius 1 is 1.53 bits per heavy atom. The normalized spacial score (nSPS) is 9.73. The molecule has 0 saturated heterocycles. The van der Waals surface area contributed by atoms with Crippen LogP contribution in [0.3, 0.4) is 0 Å². The lowest BCUT2D eigenvalue weighted by Gasteiger charge is -2.08. The van der Waals surface area contributed by atoms with E-state index in [0.717, 1.165) is 17.0 Å². The number of carboxylic acid groups (broad SMARTS) is 1. The first-order valence-electron chi connectivity index (χ1n) is 4.74. The van der Waals surface area contributed by atoms with Crippen LogP contribution in [0.2, 0.25) is 0 Å². The minimum absolute atomic E-state index is 0.116. The van der Waals surface area contributed by atoms with Gasteiger partial charge in [-0.05, 0) is 30.7 Å². The number of aryl methyl sites for hydroxylation is 1. The van der Waals surface area contributed by atoms with E-state index in [1.54, 1.807) is 7.11 Å². The number of aliphatic carboxylic acids is 1. The van der Waals surface area contributed by atoms with Crippen molar-refractivity contribution >= 4 is 11.7 Å². The van der Waals surface area contributed by atoms with Crippen LogP contribution in [0.5, 0.6) is 5.75 Å². The molecule has 4 nitrogen and oxygen atoms in total. The Bertz CT molecular complexity index is 350. The number of hydrogen-bond donors (Lipinski definition) is 2. The molecule has 0 fully saturated rings. The SMILES string of the molecule is COc1ccc(NCCC(=O)O)cc1C. The fourth-order valence-corrected chi connectivity index (χ4v) is 1.30. The molecule has 1 rings (SSSR count). The Kier molecular flexibility index (Phi) is 3.97. The maximum Gasteiger partial charge on any atom is 0.305 e. The van der Waals surface area contributed by atoms with Gasteiger partial charge in [-0.3, -0.25) is 4.79 Å². The van der Waals surface area contributed by atoms with Gasteiger partial charge >= 0.3 is 5.97 Å². The lowest BCUT2D eigenvalue weighted by atomic mass is 10.2. The number of carboxylic acids is 1. The summed E-state index contributed by atoms with van der Waals surface area (Å²) in [6.07, 6.45) is 0.116. The molecule has 0 aliphatic carbocycles. The molecule has 0 aromatic heterocycles. The molecule has 0 aliphatic rings. The monoisotopic (exact) mass is 209 g/mol. The number of carbonyl (C=O) groups is 1. The third-order valence-electron chi connectivity index (χ3n) is 2.06. The van der Waals surface area contributed by atoms with Gasteiger partial charge in [-0.25, -0.2) is 0 Å². The van der Waals surface area contributed by atoms with Crippen molar-refractivity contribution < 1.29 is 14.6 Å². The van der Waals surface area contributed by atoms with Crippen LogP contribution in [0, 0.1) is 6.92 Å². The Labute approximate surface area is 88.9 Å². The maximum absolute atomic E-state index is 10.3. The Morgan fingerprint density at radius 2 is 2.27 bits per heavy atom. The summed E-state index contributed by atoms with van der Waals surface area (Å²) in [4.78, 5) is 10.3. The Balaban J connectivity index is 2.55. The molecule has 15 heavy (non-hydrogen) atoms. The third kappa shape index (κ3) is 3.50. The van der Waals surface area contributed by atoms with Crippen LogP contribution >= 0.6 is 0 Å². The summed E-state index contributed by atoms with van der Waals surface area (Å²) in [5.41, 5.74) is 1.94. The van der Waals surface area contributed by atoms with E-state index in [9.17, 15) is 4.79 Å². The van der Waals surface area contributed by atoms with Crippen molar-refractivity contribution in [3.05, 3.63) is 23.8 Å². The van der Waals surface area contributed by atoms with Crippen molar-refractivity contribution in [3.8, 4) is 5.75 Å². The highest BCUT2D eigenvalue weighted by Crippen LogP contribution is 2.21. The first-order valence-corrected chi connectivity index (χ1v) is 4.74. The van der Waals surface area contributed by atoms with E-state index in [1.807, 2.05) is 25.1 Å². The average Bonchev–Trinajstić information content (AvgIpc) is 2.17. The van der Waals surface area contributed by atoms with Crippen LogP contribution in [0.1, 0.15) is 12.0 Å². The summed E-state index contributed by atoms with van der Waals surface area (Å²) in [5, 5.41) is 11.5. The van der Waals surface area contributed by atoms with E-state index in [-0.39, 0.29) is 6.42 Å². The van der Waals surface area contributed by atoms with E-state index in [2.05, 4.69) is 5.32 Å². The summed E-state index contributed by atoms with van der Waals surface area (Å²) in [7, 11) is 1.62. The lowest BCUT2D eigenvalue weighted by molar-refractivity contribution is -0.136. The van der Waals surface area contributed by atoms with Gasteiger partial charge in [0.15, 0.2) is 0 Å². The van der Waals surface area contributed by atoms with Gasteiger partial charge in [0.2, 0.25) is 0 Å². The predicted octanol–water partition coefficient (Wildman–Crippen LogP) is 1.89. The summed E-state index contributed by atoms with van der Waals surface area (Å²) in [6.45, 7) is 2.38. The number of anilines is 1. The molecule has 0 aliphatic heterocycles. The van der Waals surface area contributed by atoms with E-state index in [0.29, 0.717) is 6.54 Å². The zero-order valence-corrected chi connectivity index (χ0v) is 8.91. The van der Waals surface area contributed by atoms with Crippen LogP contribution in [-0.2, 0) is 4.79 Å². The highest BCUT2D eigenvalue weighted by atomic mass is 16.5. The maximum atomic E-state index is 10.3. The fourth-order valence-electron chi connectivity index (χ4n) is 1.30. The average molecular weight is 209 g/mol. The van der Waals surface area contributed by atoms with Crippen molar-refractivity contribution in [1.82, 2.24) is 0 Å². The van der Waals surface area contributed by atoms with Crippen molar-refractivity contribution in [3.63, 3.8) is 0 Å². The second kappa shape index (κ2) is 5.24. The van der Waals surface area contributed by atoms with E-state index in [1.165, 1.54) is 0 Å². The molecule has 0 amide bonds. The zero-order chi connectivity index (χ0) is 11.3. The van der Waals surface area contributed by atoms with Gasteiger partial charge < -0.3 is 15.2 Å². The Hall–Kier alpha value is -1.71. The van der Waals surface area contributed by atoms with Gasteiger partial charge in [-0.1, -0.05) is 0 Å². The summed E-state index contributed by atoms with van der Waals surface area (Å²) < 4.78 is 5.12. The van der Waals surface area contributed by atoms with E-state index in [4.69, 9.17) is 9.84 Å². The van der Waals surface area contributed by atoms with Crippen LogP contribution in [0.25, 0.3) is 0 Å². The summed E-state index contributed by atoms with van der Waals surface area (Å²) in [6, 6.07) is 5.66. The minimum Gasteiger partial charge on any atom is -0.496 e. The molecule has 0 saturated carbocycles. The Morgan fingerprint density at radius 3 is 2.80 bits per heavy atom. The van der Waals surface area contributed by atoms with E-state index >= 15 is 0 Å². The van der Waals surface area contributed by atoms with Gasteiger partial charge in [0.1, 0.15) is 5.75 Å². The number of rotatable bonds is 5. The van der Waals surface area contributed by atoms with Gasteiger partial charge in [-0.15, -0.1) is 0 Å². The first kappa shape index (κ1) is 11.4. The molecule has 0 spiro atoms. The number of nitrogens with one attached hydrogen (secondary N) is 1. The zero-order valence-electron chi connectivity index (χ0n) is 8.91. The molecule has 0 atom stereocenters. The molecule has 1 aromatic carbocycles. The molecular formula is C11H15NO3. The van der Waals surface area contributed by atoms with Crippen LogP contribution < -0.4 is 10.1 Å². The molecule has 0 radical (unpaired) electrons. The van der Waals surface area contributed by atoms with Crippen molar-refractivity contribution in [2.75, 3.05) is 19.0 Å². The second-order valence-corrected chi connectivity index (χ2v) is 3.25. The van der Waals surface area contributed by atoms with Gasteiger partial charge in [0.05, 0.1) is 13.5 Å². The topological polar surface area (TPSA) is 58.6 Å². The third-order valence-corrected chi connectivity index (χ3v) is 2.06. The molecule has 2 N–H and O–H groups in total. The van der Waals surface area contributed by atoms with Gasteiger partial charge in [0, 0.05) is 12.2 Å². The number of benzene rings is 1. The quantitative estimate of drug-likeness (QED) is 0.777. The molecule has 82 valence electrons. The first-order chi connectivity index (χ1) is 7.13. The molecule has 0 heterocycles. The van der Waals surface area contributed by atoms with Crippen molar-refractivity contribution in [1.29, 1.82) is 0 Å². The fraction of sp³-hybridized carbons (Fsp3) is 0.364. The highest BCUT2D eigenvalue weighted by Gasteiger charge is 2.00. The summed E-state index contributed by atoms with van der Waals surface area (Å²) in [5.74, 6) is 0.0338. The second-order valence-electron chi connectivity index (χ2n) is 3.25. The standard InChI is InChI=1S/C11H15NO3/c1-8-7-9(3-4-10(8)15-2)12-6-5-11(13)14/h3-4,7,12H,5-6H2,1-2H3,(H,13,14). The van der Waals surface area contributed by atoms with Gasteiger partial charge in [0.25, 0.3) is 0 Å². The number of ether oxygens (including phenoxy) is 1. The van der Waals surface area contributed by atoms with Crippen LogP contribution in [0.4, 0.5) is 5.69 Å². The largest absolute Gasteiger partial charge is 0.496 e. The smallest absolute Gasteiger partial charge is 0.305 e. The van der Waals surface area contributed by atoms with Gasteiger partial charge in [-0.2, -0.15) is 0 Å². The molecule has 4 heteroatoms. The predicted molar refractivity (Wildman–Crippen MR) is 58.5 cm³/mol. The van der Waals surface area contributed by atoms with Crippen molar-refractivity contribution in [2.24, 2.45) is 0 Å². The molecule has 1 aromatic rings. The van der Waals surface area contributed by atoms with Crippen LogP contribution in [-0.4, -0.2) is 24.7 Å². The number of methoxy groups -OCH3 is 1. The molecular weight excluding hydrogens is 194 g/mol. The molecule has 0 bridgehead atoms. The minimum atomic E-state index is -0.798. The van der Waals surface area contributed by atoms with Crippen molar-refractivity contribution in [2.45, 2.75) is 13.3 Å². The number of hydrogen-bond acceptors (Lipinski definition) is 3. The molecule has 0 unspecified atom stereocenters. The highest BCUT2D eigenvalue weighted by molar-refractivity contribution is 5.67. The van der Waals surface area contributed by atoms with Crippen LogP contribution in [0.15, 0.2) is 18.2 Å². The summed E-state index contributed by atoms with van der Waals surface area (Å²) >= 11 is 0.